The SMILES string of the molecule is CC1(C)c2ccccc2-c2ccc3c4ccccc4n(-c4ccc(-c5nc(-c6ccccc6)nc(-c6ccccc6)n5)cc4)c3c21.c1ccc(-c2cc(-c3ccccc3)nc(-n3c4ccccc4c4ccc5c6ccccc6n(-c6ccccc6)c5c43)n2)cc1.c1ccc(-n2c(-c3ccc(-n4c5ccccc5c5ccc6c7ccccc7n(-c7ccccc7)c6c54)cc3)nc3ccccc32)cc1. The van der Waals surface area contributed by atoms with Gasteiger partial charge < -0.3 is 18.3 Å². The fraction of sp³-hybridized carbons (Fsp3) is 0.0240. The van der Waals surface area contributed by atoms with E-state index in [1.54, 1.807) is 0 Å². The molecule has 27 aromatic rings. The highest BCUT2D eigenvalue weighted by Crippen LogP contribution is 2.54. The van der Waals surface area contributed by atoms with Crippen LogP contribution in [0.2, 0.25) is 0 Å². The van der Waals surface area contributed by atoms with Crippen molar-refractivity contribution in [1.29, 1.82) is 0 Å². The molecule has 0 aliphatic heterocycles. The van der Waals surface area contributed by atoms with Crippen LogP contribution in [0.4, 0.5) is 0 Å². The van der Waals surface area contributed by atoms with Crippen molar-refractivity contribution in [2.75, 3.05) is 0 Å². The lowest BCUT2D eigenvalue weighted by molar-refractivity contribution is 0.664. The van der Waals surface area contributed by atoms with E-state index in [0.29, 0.717) is 23.4 Å². The summed E-state index contributed by atoms with van der Waals surface area (Å²) in [5.74, 6) is 3.55. The molecule has 0 saturated carbocycles. The first kappa shape index (κ1) is 79.7. The van der Waals surface area contributed by atoms with Crippen LogP contribution in [0.1, 0.15) is 25.0 Å². The molecule has 137 heavy (non-hydrogen) atoms. The number of hydrogen-bond acceptors (Lipinski definition) is 6. The van der Waals surface area contributed by atoms with E-state index in [0.717, 1.165) is 107 Å². The number of para-hydroxylation sites is 10. The first-order valence-electron chi connectivity index (χ1n) is 46.6. The van der Waals surface area contributed by atoms with E-state index in [1.807, 2.05) is 72.8 Å². The minimum atomic E-state index is -0.135. The van der Waals surface area contributed by atoms with E-state index < -0.39 is 0 Å². The van der Waals surface area contributed by atoms with Gasteiger partial charge in [0.15, 0.2) is 17.5 Å². The van der Waals surface area contributed by atoms with Crippen LogP contribution in [0.15, 0.2) is 473 Å². The zero-order valence-electron chi connectivity index (χ0n) is 74.9. The molecular weight excluding hydrogens is 1670 g/mol. The van der Waals surface area contributed by atoms with Crippen molar-refractivity contribution in [3.63, 3.8) is 0 Å². The first-order chi connectivity index (χ1) is 67.8. The molecule has 12 nitrogen and oxygen atoms in total. The van der Waals surface area contributed by atoms with Crippen molar-refractivity contribution < 1.29 is 0 Å². The van der Waals surface area contributed by atoms with Gasteiger partial charge in [-0.25, -0.2) is 29.9 Å². The second-order valence-corrected chi connectivity index (χ2v) is 35.6. The molecule has 1 aliphatic rings. The Bertz CT molecular complexity index is 9270. The monoisotopic (exact) mass is 1750 g/mol. The first-order valence-corrected chi connectivity index (χ1v) is 46.6. The summed E-state index contributed by atoms with van der Waals surface area (Å²) in [6, 6.07) is 167. The fourth-order valence-electron chi connectivity index (χ4n) is 21.3. The number of nitrogens with zero attached hydrogens (tertiary/aromatic N) is 12. The lowest BCUT2D eigenvalue weighted by Crippen LogP contribution is -2.16. The molecule has 0 N–H and O–H groups in total. The quantitative estimate of drug-likeness (QED) is 0.121. The van der Waals surface area contributed by atoms with Gasteiger partial charge in [0.05, 0.1) is 77.6 Å². The number of aromatic nitrogens is 12. The summed E-state index contributed by atoms with van der Waals surface area (Å²) in [7, 11) is 0. The minimum Gasteiger partial charge on any atom is -0.309 e. The number of imidazole rings is 1. The molecule has 8 aromatic heterocycles. The maximum absolute atomic E-state index is 5.28. The number of benzene rings is 19. The Labute approximate surface area is 789 Å². The van der Waals surface area contributed by atoms with Crippen molar-refractivity contribution in [3.05, 3.63) is 484 Å². The molecule has 0 bridgehead atoms. The molecule has 0 fully saturated rings. The maximum atomic E-state index is 5.28. The normalized spacial score (nSPS) is 12.2. The Balaban J connectivity index is 0.000000106. The van der Waals surface area contributed by atoms with Gasteiger partial charge in [-0.3, -0.25) is 9.13 Å². The van der Waals surface area contributed by atoms with Gasteiger partial charge in [-0.1, -0.05) is 354 Å². The molecule has 28 rings (SSSR count). The van der Waals surface area contributed by atoms with Crippen LogP contribution in [0, 0.1) is 0 Å². The minimum absolute atomic E-state index is 0.135. The largest absolute Gasteiger partial charge is 0.309 e. The predicted octanol–water partition coefficient (Wildman–Crippen LogP) is 31.2. The van der Waals surface area contributed by atoms with Gasteiger partial charge in [0.2, 0.25) is 5.95 Å². The van der Waals surface area contributed by atoms with Crippen LogP contribution in [0.5, 0.6) is 0 Å². The molecule has 0 amide bonds. The summed E-state index contributed by atoms with van der Waals surface area (Å²) >= 11 is 0. The molecular formula is C125H84N12. The molecule has 0 saturated heterocycles. The van der Waals surface area contributed by atoms with Crippen LogP contribution in [0.3, 0.4) is 0 Å². The molecule has 8 heterocycles. The van der Waals surface area contributed by atoms with E-state index >= 15 is 0 Å². The van der Waals surface area contributed by atoms with Gasteiger partial charge >= 0.3 is 0 Å². The summed E-state index contributed by atoms with van der Waals surface area (Å²) in [6.45, 7) is 4.72. The van der Waals surface area contributed by atoms with E-state index in [9.17, 15) is 0 Å². The Morgan fingerprint density at radius 3 is 0.898 bits per heavy atom. The van der Waals surface area contributed by atoms with Gasteiger partial charge in [0.1, 0.15) is 5.82 Å². The van der Waals surface area contributed by atoms with Crippen molar-refractivity contribution in [1.82, 2.24) is 57.3 Å². The fourth-order valence-corrected chi connectivity index (χ4v) is 21.3. The molecule has 0 spiro atoms. The smallest absolute Gasteiger partial charge is 0.235 e. The number of rotatable bonds is 12. The third-order valence-electron chi connectivity index (χ3n) is 27.4. The average Bonchev–Trinajstić information content (AvgIpc) is 1.55. The van der Waals surface area contributed by atoms with Gasteiger partial charge in [0.25, 0.3) is 0 Å². The van der Waals surface area contributed by atoms with E-state index in [4.69, 9.17) is 29.9 Å². The Hall–Kier alpha value is -18.3. The standard InChI is InChI=1S/C43H28N4.C42H30N4.C40H26N4/c1-3-13-30(14-4-1)45-38-20-10-7-17-33(38)35-27-28-36-34-18-8-11-21-39(34)46(42(36)41(35)45)32-25-23-29(24-26-32)43-44-37-19-9-12-22-40(37)47(43)31-15-5-2-6-16-31;1-42(2)35-19-11-9-17-31(35)33-25-26-34-32-18-10-12-20-36(32)46(38(34)37(33)42)30-23-21-29(22-24-30)41-44-39(27-13-5-3-6-14-27)43-40(45-41)28-15-7-4-8-16-28;1-4-14-27(15-5-1)34-26-35(28-16-6-2-7-17-28)42-40(41-34)44-37-23-13-11-21-31(37)33-25-24-32-30-20-10-12-22-36(30)43(38(32)39(33)44)29-18-8-3-9-19-29/h1-28H;3-26H,1-2H3;1-26H. The number of hydrogen-bond donors (Lipinski definition) is 0. The average molecular weight is 1750 g/mol. The molecule has 1 aliphatic carbocycles. The maximum Gasteiger partial charge on any atom is 0.235 e. The van der Waals surface area contributed by atoms with Gasteiger partial charge in [0, 0.05) is 121 Å². The molecule has 644 valence electrons. The van der Waals surface area contributed by atoms with Crippen LogP contribution >= 0.6 is 0 Å². The van der Waals surface area contributed by atoms with Gasteiger partial charge in [-0.05, 0) is 156 Å². The highest BCUT2D eigenvalue weighted by atomic mass is 15.2. The van der Waals surface area contributed by atoms with Crippen molar-refractivity contribution in [3.8, 4) is 114 Å². The zero-order valence-corrected chi connectivity index (χ0v) is 74.9. The van der Waals surface area contributed by atoms with Gasteiger partial charge in [-0.2, -0.15) is 0 Å². The summed E-state index contributed by atoms with van der Waals surface area (Å²) < 4.78 is 14.2. The van der Waals surface area contributed by atoms with Crippen molar-refractivity contribution >= 4 is 120 Å². The Kier molecular flexibility index (Phi) is 19.0. The van der Waals surface area contributed by atoms with Crippen LogP contribution in [0.25, 0.3) is 234 Å². The highest BCUT2D eigenvalue weighted by Gasteiger charge is 2.39. The molecule has 0 atom stereocenters. The van der Waals surface area contributed by atoms with Gasteiger partial charge in [-0.15, -0.1) is 0 Å². The summed E-state index contributed by atoms with van der Waals surface area (Å²) in [5.41, 5.74) is 32.5. The topological polar surface area (TPSA) is 107 Å². The molecule has 0 radical (unpaired) electrons. The summed E-state index contributed by atoms with van der Waals surface area (Å²) in [4.78, 5) is 30.4. The molecule has 19 aromatic carbocycles. The third-order valence-corrected chi connectivity index (χ3v) is 27.4. The second-order valence-electron chi connectivity index (χ2n) is 35.6. The van der Waals surface area contributed by atoms with Crippen molar-refractivity contribution in [2.24, 2.45) is 0 Å². The van der Waals surface area contributed by atoms with Crippen LogP contribution in [-0.2, 0) is 5.41 Å². The summed E-state index contributed by atoms with van der Waals surface area (Å²) in [5, 5.41) is 12.3. The molecule has 0 unspecified atom stereocenters. The third kappa shape index (κ3) is 13.2. The Morgan fingerprint density at radius 2 is 0.482 bits per heavy atom. The highest BCUT2D eigenvalue weighted by molar-refractivity contribution is 6.26. The lowest BCUT2D eigenvalue weighted by atomic mass is 9.81. The van der Waals surface area contributed by atoms with E-state index in [-0.39, 0.29) is 5.41 Å². The predicted molar refractivity (Wildman–Crippen MR) is 565 cm³/mol. The Morgan fingerprint density at radius 1 is 0.190 bits per heavy atom. The summed E-state index contributed by atoms with van der Waals surface area (Å²) in [6.07, 6.45) is 0. The lowest BCUT2D eigenvalue weighted by Gasteiger charge is -2.23. The van der Waals surface area contributed by atoms with Crippen molar-refractivity contribution in [2.45, 2.75) is 19.3 Å². The second kappa shape index (κ2) is 32.6. The molecule has 12 heteroatoms. The zero-order chi connectivity index (χ0) is 90.8. The van der Waals surface area contributed by atoms with Crippen LogP contribution < -0.4 is 0 Å². The van der Waals surface area contributed by atoms with E-state index in [2.05, 4.69) is 442 Å². The van der Waals surface area contributed by atoms with Crippen LogP contribution in [-0.4, -0.2) is 57.3 Å². The van der Waals surface area contributed by atoms with E-state index in [1.165, 1.54) is 115 Å². The number of fused-ring (bicyclic) bond motifs is 22.